The Balaban J connectivity index is 0.000000165. The fourth-order valence-electron chi connectivity index (χ4n) is 11.2. The van der Waals surface area contributed by atoms with Crippen molar-refractivity contribution in [1.82, 2.24) is 34.2 Å². The zero-order chi connectivity index (χ0) is 77.9. The third-order valence-electron chi connectivity index (χ3n) is 16.8. The highest BCUT2D eigenvalue weighted by molar-refractivity contribution is 7.91. The number of para-hydroxylation sites is 1. The molecule has 2 aliphatic heterocycles. The number of alkyl halides is 3. The van der Waals surface area contributed by atoms with Gasteiger partial charge in [-0.3, -0.25) is 38.2 Å². The van der Waals surface area contributed by atoms with E-state index in [1.54, 1.807) is 34.5 Å². The second kappa shape index (κ2) is 33.9. The van der Waals surface area contributed by atoms with Crippen LogP contribution in [0.15, 0.2) is 170 Å². The molecule has 0 radical (unpaired) electrons. The molecule has 0 bridgehead atoms. The molecule has 0 unspecified atom stereocenters. The van der Waals surface area contributed by atoms with Crippen molar-refractivity contribution < 1.29 is 82.2 Å². The smallest absolute Gasteiger partial charge is 0.416 e. The Morgan fingerprint density at radius 3 is 1.95 bits per heavy atom. The van der Waals surface area contributed by atoms with Crippen molar-refractivity contribution in [1.29, 1.82) is 0 Å². The van der Waals surface area contributed by atoms with Crippen molar-refractivity contribution >= 4 is 60.7 Å². The first-order chi connectivity index (χ1) is 50.6. The number of ether oxygens (including phenoxy) is 4. The number of aromatic nitrogens is 5. The van der Waals surface area contributed by atoms with Gasteiger partial charge in [-0.2, -0.15) is 13.2 Å². The minimum Gasteiger partial charge on any atom is -0.496 e. The molecule has 0 atom stereocenters. The monoisotopic (exact) mass is 1510 g/mol. The van der Waals surface area contributed by atoms with E-state index in [1.807, 2.05) is 25.5 Å². The Labute approximate surface area is 613 Å². The van der Waals surface area contributed by atoms with Crippen LogP contribution in [0.2, 0.25) is 0 Å². The van der Waals surface area contributed by atoms with E-state index in [1.165, 1.54) is 128 Å². The van der Waals surface area contributed by atoms with Crippen LogP contribution >= 0.6 is 0 Å². The Morgan fingerprint density at radius 2 is 1.36 bits per heavy atom. The molecular formula is C76H79F4N9O16S2. The molecule has 5 heterocycles. The van der Waals surface area contributed by atoms with Gasteiger partial charge in [0.25, 0.3) is 38.9 Å². The molecule has 3 aliphatic rings. The maximum Gasteiger partial charge on any atom is 0.416 e. The first-order valence-electron chi connectivity index (χ1n) is 33.7. The molecule has 0 spiro atoms. The second-order valence-electron chi connectivity index (χ2n) is 25.9. The Morgan fingerprint density at radius 1 is 0.710 bits per heavy atom. The van der Waals surface area contributed by atoms with Crippen LogP contribution in [0.4, 0.5) is 23.2 Å². The normalized spacial score (nSPS) is 13.4. The average molecular weight is 1510 g/mol. The first kappa shape index (κ1) is 79.8. The number of carbonyl (C=O) groups is 5. The summed E-state index contributed by atoms with van der Waals surface area (Å²) in [6.45, 7) is 15.5. The maximum atomic E-state index is 13.5. The molecule has 3 aromatic heterocycles. The van der Waals surface area contributed by atoms with Gasteiger partial charge < -0.3 is 39.5 Å². The summed E-state index contributed by atoms with van der Waals surface area (Å²) >= 11 is 0. The number of sulfonamides is 1. The number of carbonyl (C=O) groups excluding carboxylic acids is 5. The highest BCUT2D eigenvalue weighted by Gasteiger charge is 2.34. The molecular weight excluding hydrogens is 1440 g/mol. The summed E-state index contributed by atoms with van der Waals surface area (Å²) in [5, 5.41) is 11.9. The van der Waals surface area contributed by atoms with E-state index in [4.69, 9.17) is 23.8 Å². The van der Waals surface area contributed by atoms with Gasteiger partial charge in [0.05, 0.1) is 65.5 Å². The van der Waals surface area contributed by atoms with Gasteiger partial charge in [-0.1, -0.05) is 61.0 Å². The maximum absolute atomic E-state index is 13.5. The van der Waals surface area contributed by atoms with Crippen LogP contribution in [0.25, 0.3) is 11.1 Å². The molecule has 25 nitrogen and oxygen atoms in total. The number of fused-ring (bicyclic) bond motifs is 1. The number of benzene rings is 6. The van der Waals surface area contributed by atoms with Crippen molar-refractivity contribution in [2.45, 2.75) is 116 Å². The predicted octanol–water partition coefficient (Wildman–Crippen LogP) is 11.5. The van der Waals surface area contributed by atoms with Gasteiger partial charge in [0.2, 0.25) is 11.8 Å². The van der Waals surface area contributed by atoms with Gasteiger partial charge in [-0.15, -0.1) is 0 Å². The number of anilines is 1. The van der Waals surface area contributed by atoms with Gasteiger partial charge >= 0.3 is 12.1 Å². The van der Waals surface area contributed by atoms with E-state index in [0.29, 0.717) is 78.9 Å². The molecule has 3 amide bonds. The third kappa shape index (κ3) is 19.8. The second-order valence-corrected chi connectivity index (χ2v) is 29.6. The number of sulfone groups is 1. The van der Waals surface area contributed by atoms with Gasteiger partial charge in [0.15, 0.2) is 15.6 Å². The van der Waals surface area contributed by atoms with E-state index in [2.05, 4.69) is 58.8 Å². The Hall–Kier alpha value is -11.3. The van der Waals surface area contributed by atoms with Crippen LogP contribution in [0.5, 0.6) is 23.3 Å². The number of amides is 3. The van der Waals surface area contributed by atoms with Crippen molar-refractivity contribution in [3.05, 3.63) is 234 Å². The molecule has 1 fully saturated rings. The first-order valence-corrected chi connectivity index (χ1v) is 37.1. The highest BCUT2D eigenvalue weighted by atomic mass is 32.2. The largest absolute Gasteiger partial charge is 0.496 e. The van der Waals surface area contributed by atoms with Crippen LogP contribution in [-0.4, -0.2) is 115 Å². The quantitative estimate of drug-likeness (QED) is 0.0352. The number of oxime groups is 1. The lowest BCUT2D eigenvalue weighted by atomic mass is 9.91. The van der Waals surface area contributed by atoms with E-state index in [-0.39, 0.29) is 73.0 Å². The number of ketones is 1. The zero-order valence-electron chi connectivity index (χ0n) is 60.1. The van der Waals surface area contributed by atoms with Gasteiger partial charge in [-0.25, -0.2) is 40.3 Å². The van der Waals surface area contributed by atoms with Crippen LogP contribution < -0.4 is 40.7 Å². The minimum absolute atomic E-state index is 0.00623. The average Bonchev–Trinajstić information content (AvgIpc) is 1.50. The van der Waals surface area contributed by atoms with Gasteiger partial charge in [0, 0.05) is 60.4 Å². The number of aromatic amines is 1. The van der Waals surface area contributed by atoms with Crippen molar-refractivity contribution in [3.8, 4) is 34.4 Å². The molecule has 4 N–H and O–H groups in total. The van der Waals surface area contributed by atoms with Crippen molar-refractivity contribution in [3.63, 3.8) is 0 Å². The molecule has 564 valence electrons. The summed E-state index contributed by atoms with van der Waals surface area (Å²) in [5.41, 5.74) is 5.09. The minimum atomic E-state index is -4.50. The van der Waals surface area contributed by atoms with Gasteiger partial charge in [-0.05, 0) is 180 Å². The van der Waals surface area contributed by atoms with Crippen LogP contribution in [-0.2, 0) is 73.4 Å². The fourth-order valence-corrected chi connectivity index (χ4v) is 13.1. The summed E-state index contributed by atoms with van der Waals surface area (Å²) in [6.07, 6.45) is 1.92. The number of hydrogen-bond acceptors (Lipinski definition) is 18. The van der Waals surface area contributed by atoms with Crippen LogP contribution in [0, 0.1) is 25.1 Å². The lowest BCUT2D eigenvalue weighted by molar-refractivity contribution is -0.143. The molecule has 31 heteroatoms. The summed E-state index contributed by atoms with van der Waals surface area (Å²) < 4.78 is 129. The number of halogens is 4. The topological polar surface area (TPSA) is 326 Å². The summed E-state index contributed by atoms with van der Waals surface area (Å²) in [5.74, 6) is -2.37. The number of methoxy groups -OCH3 is 1. The zero-order valence-corrected chi connectivity index (χ0v) is 61.7. The fraction of sp³-hybridized carbons (Fsp3) is 0.303. The molecule has 1 aliphatic carbocycles. The number of nitrogens with zero attached hydrogens (tertiary/aromatic N) is 5. The van der Waals surface area contributed by atoms with Crippen LogP contribution in [0.3, 0.4) is 0 Å². The number of H-pyrrole nitrogens is 1. The molecule has 9 aromatic rings. The van der Waals surface area contributed by atoms with Crippen LogP contribution in [0.1, 0.15) is 134 Å². The lowest BCUT2D eigenvalue weighted by Crippen LogP contribution is -2.31. The van der Waals surface area contributed by atoms with Gasteiger partial charge in [0.1, 0.15) is 40.7 Å². The molecule has 1 saturated carbocycles. The summed E-state index contributed by atoms with van der Waals surface area (Å²) in [7, 11) is -4.69. The number of rotatable bonds is 18. The standard InChI is InChI=1S/C23H32N2O4.C19H12F4N2O2.C18H18N2O5S.C16H17N3O5S/c1-7-16-13-15(3)14-17(8-2)18(16)19-20(26)24-9-11-28-12-10-25(24)21(19)29-22(27)23(4,5)6;20-13-7-9-14(10-8-13)24-18(26)16-5-2-6-17(25-16)27-15-4-1-3-12(11-15)19(21,22)23;1-25-16-5-3-2-4-15(16)18(22)20-26(23,24)14-10-6-12(7-11-14)17(21)19-13-8-9-13;1-9-10(15(20)11-8-17-19(2)16(11)21)4-5-13(25(3,22)23)14(9)12-6-7-24-18-12/h13-14H,7-12H2,1-6H3;1-11H,(H,24,26);2-7,10-11,13H,8-9H2,1H3,(H,19,21)(H,20,22);4-5,8,17H,6-7H2,1-3H3. The lowest BCUT2D eigenvalue weighted by Gasteiger charge is -2.19. The molecule has 107 heavy (non-hydrogen) atoms. The number of aryl methyl sites for hydroxylation is 4. The summed E-state index contributed by atoms with van der Waals surface area (Å²) in [4.78, 5) is 96.5. The van der Waals surface area contributed by atoms with Crippen molar-refractivity contribution in [2.75, 3.05) is 38.5 Å². The van der Waals surface area contributed by atoms with E-state index < -0.39 is 66.0 Å². The molecule has 6 aromatic carbocycles. The van der Waals surface area contributed by atoms with E-state index >= 15 is 0 Å². The number of esters is 1. The molecule has 0 saturated heterocycles. The Kier molecular flexibility index (Phi) is 25.2. The number of pyridine rings is 1. The SMILES string of the molecule is CCc1cc(C)cc(CC)c1-c1c(OC(=O)C(C)(C)C)n2n(c1=O)CCOCC2.COc1ccccc1C(=O)NS(=O)(=O)c1ccc(C(=O)NC2CC2)cc1.Cc1c(C(=O)c2c[nH]n(C)c2=O)ccc(S(C)(=O)=O)c1C1=NOCC1.O=C(Nc1ccc(F)cc1)c1cccc(Oc2cccc(C(F)(F)F)c2)n1. The van der Waals surface area contributed by atoms with Crippen molar-refractivity contribution in [2.24, 2.45) is 17.6 Å². The predicted molar refractivity (Wildman–Crippen MR) is 389 cm³/mol. The third-order valence-corrected chi connectivity index (χ3v) is 19.3. The number of nitrogens with one attached hydrogen (secondary N) is 4. The number of hydrogen-bond donors (Lipinski definition) is 4. The van der Waals surface area contributed by atoms with E-state index in [9.17, 15) is 68.0 Å². The Bertz CT molecular complexity index is 5210. The summed E-state index contributed by atoms with van der Waals surface area (Å²) in [6, 6.07) is 32.8. The van der Waals surface area contributed by atoms with E-state index in [0.717, 1.165) is 60.8 Å². The molecule has 12 rings (SSSR count). The highest BCUT2D eigenvalue weighted by Crippen LogP contribution is 2.38.